The molecule has 1 aromatic heterocycles. The molecule has 1 aromatic carbocycles. The highest BCUT2D eigenvalue weighted by Crippen LogP contribution is 2.30. The molecule has 0 spiro atoms. The fraction of sp³-hybridized carbons (Fsp3) is 0.348. The molecular weight excluding hydrogens is 421 g/mol. The number of benzene rings is 1. The van der Waals surface area contributed by atoms with Gasteiger partial charge in [-0.2, -0.15) is 13.2 Å². The second kappa shape index (κ2) is 8.64. The number of piperazine rings is 1. The fourth-order valence-corrected chi connectivity index (χ4v) is 3.99. The minimum Gasteiger partial charge on any atom is -0.376 e. The molecule has 2 aliphatic rings. The van der Waals surface area contributed by atoms with Crippen molar-refractivity contribution < 1.29 is 22.8 Å². The van der Waals surface area contributed by atoms with Crippen molar-refractivity contribution in [3.8, 4) is 0 Å². The predicted octanol–water partition coefficient (Wildman–Crippen LogP) is 3.39. The lowest BCUT2D eigenvalue weighted by atomic mass is 9.96. The summed E-state index contributed by atoms with van der Waals surface area (Å²) in [6.07, 6.45) is 0.156. The van der Waals surface area contributed by atoms with E-state index in [0.29, 0.717) is 31.9 Å². The number of halogens is 3. The van der Waals surface area contributed by atoms with Gasteiger partial charge in [-0.3, -0.25) is 9.59 Å². The highest BCUT2D eigenvalue weighted by molar-refractivity contribution is 5.98. The number of alkyl halides is 3. The van der Waals surface area contributed by atoms with E-state index in [2.05, 4.69) is 10.3 Å². The van der Waals surface area contributed by atoms with Gasteiger partial charge in [0.2, 0.25) is 5.91 Å². The molecule has 0 bridgehead atoms. The summed E-state index contributed by atoms with van der Waals surface area (Å²) in [4.78, 5) is 31.8. The van der Waals surface area contributed by atoms with Crippen LogP contribution in [0.2, 0.25) is 0 Å². The van der Waals surface area contributed by atoms with Crippen molar-refractivity contribution in [2.75, 3.05) is 36.4 Å². The number of aromatic nitrogens is 1. The van der Waals surface area contributed by atoms with Crippen molar-refractivity contribution in [2.24, 2.45) is 0 Å². The summed E-state index contributed by atoms with van der Waals surface area (Å²) in [6.45, 7) is 3.46. The third-order valence-electron chi connectivity index (χ3n) is 5.75. The van der Waals surface area contributed by atoms with Crippen LogP contribution in [0.25, 0.3) is 6.08 Å². The van der Waals surface area contributed by atoms with E-state index >= 15 is 0 Å². The molecule has 1 aliphatic carbocycles. The van der Waals surface area contributed by atoms with Gasteiger partial charge in [0.05, 0.1) is 12.1 Å². The van der Waals surface area contributed by atoms with Crippen molar-refractivity contribution in [3.63, 3.8) is 0 Å². The average Bonchev–Trinajstić information content (AvgIpc) is 2.77. The van der Waals surface area contributed by atoms with Crippen LogP contribution in [-0.2, 0) is 22.2 Å². The maximum Gasteiger partial charge on any atom is 0.417 e. The van der Waals surface area contributed by atoms with Crippen LogP contribution >= 0.6 is 0 Å². The summed E-state index contributed by atoms with van der Waals surface area (Å²) >= 11 is 0. The number of nitrogens with zero attached hydrogens (tertiary/aromatic N) is 3. The number of anilines is 2. The molecule has 9 heteroatoms. The van der Waals surface area contributed by atoms with Crippen molar-refractivity contribution in [3.05, 3.63) is 59.3 Å². The third-order valence-corrected chi connectivity index (χ3v) is 5.75. The standard InChI is InChI=1S/C23H23F3N4O2/c1-15-14-29(8-9-30(15)21-7-4-18(12-28-21)23(24,25)26)22(32)13-27-19-5-2-17-11-20(31)6-3-16(17)10-19/h2-7,10,12,15,27H,8-9,11,13-14H2,1H3/t15-/m1/s1. The van der Waals surface area contributed by atoms with E-state index in [-0.39, 0.29) is 24.3 Å². The number of amides is 1. The molecule has 1 N–H and O–H groups in total. The molecule has 1 atom stereocenters. The summed E-state index contributed by atoms with van der Waals surface area (Å²) in [7, 11) is 0. The Morgan fingerprint density at radius 2 is 2.00 bits per heavy atom. The van der Waals surface area contributed by atoms with Gasteiger partial charge in [-0.1, -0.05) is 12.1 Å². The number of fused-ring (bicyclic) bond motifs is 1. The van der Waals surface area contributed by atoms with Crippen molar-refractivity contribution in [1.29, 1.82) is 0 Å². The first-order valence-electron chi connectivity index (χ1n) is 10.4. The zero-order valence-corrected chi connectivity index (χ0v) is 17.5. The van der Waals surface area contributed by atoms with Crippen LogP contribution in [0.4, 0.5) is 24.7 Å². The van der Waals surface area contributed by atoms with E-state index in [1.807, 2.05) is 30.0 Å². The van der Waals surface area contributed by atoms with E-state index in [0.717, 1.165) is 29.1 Å². The summed E-state index contributed by atoms with van der Waals surface area (Å²) in [5, 5.41) is 3.14. The molecule has 0 radical (unpaired) electrons. The van der Waals surface area contributed by atoms with Gasteiger partial charge >= 0.3 is 6.18 Å². The van der Waals surface area contributed by atoms with Crippen LogP contribution < -0.4 is 10.2 Å². The molecule has 1 saturated heterocycles. The molecule has 2 heterocycles. The maximum atomic E-state index is 12.8. The fourth-order valence-electron chi connectivity index (χ4n) is 3.99. The lowest BCUT2D eigenvalue weighted by Gasteiger charge is -2.40. The first-order chi connectivity index (χ1) is 15.2. The molecule has 1 fully saturated rings. The number of pyridine rings is 1. The van der Waals surface area contributed by atoms with Crippen LogP contribution in [0, 0.1) is 0 Å². The molecule has 4 rings (SSSR count). The van der Waals surface area contributed by atoms with Crippen molar-refractivity contribution in [2.45, 2.75) is 25.6 Å². The minimum absolute atomic E-state index is 0.0553. The van der Waals surface area contributed by atoms with Crippen LogP contribution in [0.3, 0.4) is 0 Å². The second-order valence-electron chi connectivity index (χ2n) is 8.03. The van der Waals surface area contributed by atoms with Crippen LogP contribution in [0.5, 0.6) is 0 Å². The SMILES string of the molecule is C[C@@H]1CN(C(=O)CNc2ccc3c(c2)C=CC(=O)C3)CCN1c1ccc(C(F)(F)F)cn1. The Morgan fingerprint density at radius 3 is 2.69 bits per heavy atom. The van der Waals surface area contributed by atoms with Gasteiger partial charge in [-0.15, -0.1) is 0 Å². The lowest BCUT2D eigenvalue weighted by Crippen LogP contribution is -2.55. The smallest absolute Gasteiger partial charge is 0.376 e. The maximum absolute atomic E-state index is 12.8. The summed E-state index contributed by atoms with van der Waals surface area (Å²) in [5.74, 6) is 0.491. The minimum atomic E-state index is -4.42. The first-order valence-corrected chi connectivity index (χ1v) is 10.4. The molecular formula is C23H23F3N4O2. The summed E-state index contributed by atoms with van der Waals surface area (Å²) < 4.78 is 38.3. The molecule has 32 heavy (non-hydrogen) atoms. The zero-order valence-electron chi connectivity index (χ0n) is 17.5. The highest BCUT2D eigenvalue weighted by Gasteiger charge is 2.32. The van der Waals surface area contributed by atoms with E-state index in [1.54, 1.807) is 17.1 Å². The topological polar surface area (TPSA) is 65.5 Å². The van der Waals surface area contributed by atoms with Gasteiger partial charge in [0.15, 0.2) is 5.78 Å². The third kappa shape index (κ3) is 4.76. The summed E-state index contributed by atoms with van der Waals surface area (Å²) in [5.41, 5.74) is 1.96. The Morgan fingerprint density at radius 1 is 1.19 bits per heavy atom. The van der Waals surface area contributed by atoms with Gasteiger partial charge in [-0.05, 0) is 48.4 Å². The Labute approximate surface area is 183 Å². The number of nitrogens with one attached hydrogen (secondary N) is 1. The highest BCUT2D eigenvalue weighted by atomic mass is 19.4. The monoisotopic (exact) mass is 444 g/mol. The largest absolute Gasteiger partial charge is 0.417 e. The van der Waals surface area contributed by atoms with E-state index in [4.69, 9.17) is 0 Å². The molecule has 0 saturated carbocycles. The Bertz CT molecular complexity index is 1050. The Balaban J connectivity index is 1.32. The molecule has 0 unspecified atom stereocenters. The van der Waals surface area contributed by atoms with Gasteiger partial charge in [-0.25, -0.2) is 4.98 Å². The normalized spacial score (nSPS) is 18.5. The predicted molar refractivity (Wildman–Crippen MR) is 115 cm³/mol. The number of hydrogen-bond donors (Lipinski definition) is 1. The van der Waals surface area contributed by atoms with Crippen molar-refractivity contribution in [1.82, 2.24) is 9.88 Å². The zero-order chi connectivity index (χ0) is 22.9. The van der Waals surface area contributed by atoms with Crippen molar-refractivity contribution >= 4 is 29.3 Å². The summed E-state index contributed by atoms with van der Waals surface area (Å²) in [6, 6.07) is 7.99. The average molecular weight is 444 g/mol. The molecule has 168 valence electrons. The second-order valence-corrected chi connectivity index (χ2v) is 8.03. The van der Waals surface area contributed by atoms with Crippen LogP contribution in [0.15, 0.2) is 42.6 Å². The van der Waals surface area contributed by atoms with E-state index in [1.165, 1.54) is 6.07 Å². The molecule has 1 amide bonds. The number of hydrogen-bond acceptors (Lipinski definition) is 5. The number of carbonyl (C=O) groups excluding carboxylic acids is 2. The Hall–Kier alpha value is -3.36. The van der Waals surface area contributed by atoms with E-state index < -0.39 is 11.7 Å². The first kappa shape index (κ1) is 21.9. The molecule has 6 nitrogen and oxygen atoms in total. The number of ketones is 1. The number of carbonyl (C=O) groups is 2. The van der Waals surface area contributed by atoms with Gasteiger partial charge < -0.3 is 15.1 Å². The van der Waals surface area contributed by atoms with E-state index in [9.17, 15) is 22.8 Å². The van der Waals surface area contributed by atoms with Crippen LogP contribution in [-0.4, -0.2) is 53.8 Å². The molecule has 2 aromatic rings. The van der Waals surface area contributed by atoms with Gasteiger partial charge in [0.1, 0.15) is 5.82 Å². The number of allylic oxidation sites excluding steroid dienone is 1. The quantitative estimate of drug-likeness (QED) is 0.783. The lowest BCUT2D eigenvalue weighted by molar-refractivity contribution is -0.137. The van der Waals surface area contributed by atoms with Gasteiger partial charge in [0, 0.05) is 44.0 Å². The molecule has 1 aliphatic heterocycles. The van der Waals surface area contributed by atoms with Gasteiger partial charge in [0.25, 0.3) is 0 Å². The Kier molecular flexibility index (Phi) is 5.90. The van der Waals surface area contributed by atoms with Crippen LogP contribution in [0.1, 0.15) is 23.6 Å². The number of rotatable bonds is 4.